The molecule has 2 fully saturated rings. The summed E-state index contributed by atoms with van der Waals surface area (Å²) in [5.41, 5.74) is 3.75. The van der Waals surface area contributed by atoms with Gasteiger partial charge in [0.25, 0.3) is 0 Å². The number of aryl methyl sites for hydroxylation is 1. The van der Waals surface area contributed by atoms with Gasteiger partial charge in [-0.05, 0) is 84.5 Å². The standard InChI is InChI=1S/C20H28O.CH4/c1-13-4-8-18-16(13)7-9-19-17-6-5-15(21-3)12-14(17)10-11-20(18,19)2;/h5-6,12-13,16,18-19H,4,7-11H2,1-3H3;1H4. The first-order valence-electron chi connectivity index (χ1n) is 8.80. The maximum Gasteiger partial charge on any atom is 0.119 e. The van der Waals surface area contributed by atoms with Crippen molar-refractivity contribution in [1.29, 1.82) is 0 Å². The van der Waals surface area contributed by atoms with Gasteiger partial charge in [-0.25, -0.2) is 0 Å². The minimum absolute atomic E-state index is 0. The first kappa shape index (κ1) is 15.9. The molecule has 0 saturated heterocycles. The third-order valence-electron chi connectivity index (χ3n) is 7.27. The molecule has 0 amide bonds. The van der Waals surface area contributed by atoms with E-state index in [-0.39, 0.29) is 7.43 Å². The molecule has 22 heavy (non-hydrogen) atoms. The zero-order chi connectivity index (χ0) is 14.6. The van der Waals surface area contributed by atoms with E-state index >= 15 is 0 Å². The molecular weight excluding hydrogens is 268 g/mol. The summed E-state index contributed by atoms with van der Waals surface area (Å²) < 4.78 is 5.42. The highest BCUT2D eigenvalue weighted by molar-refractivity contribution is 5.41. The Labute approximate surface area is 136 Å². The van der Waals surface area contributed by atoms with Crippen LogP contribution in [0.25, 0.3) is 0 Å². The molecule has 1 aromatic rings. The van der Waals surface area contributed by atoms with Crippen LogP contribution in [0.5, 0.6) is 5.75 Å². The third-order valence-corrected chi connectivity index (χ3v) is 7.27. The molecule has 1 heteroatoms. The van der Waals surface area contributed by atoms with E-state index in [0.717, 1.165) is 29.4 Å². The highest BCUT2D eigenvalue weighted by atomic mass is 16.5. The molecule has 0 radical (unpaired) electrons. The average molecular weight is 300 g/mol. The lowest BCUT2D eigenvalue weighted by molar-refractivity contribution is 0.0262. The normalized spacial score (nSPS) is 39.2. The van der Waals surface area contributed by atoms with Crippen LogP contribution in [0.3, 0.4) is 0 Å². The summed E-state index contributed by atoms with van der Waals surface area (Å²) in [6.45, 7) is 5.11. The van der Waals surface area contributed by atoms with Gasteiger partial charge in [0, 0.05) is 0 Å². The van der Waals surface area contributed by atoms with Gasteiger partial charge >= 0.3 is 0 Å². The maximum atomic E-state index is 5.42. The molecule has 0 heterocycles. The highest BCUT2D eigenvalue weighted by Crippen LogP contribution is 2.63. The van der Waals surface area contributed by atoms with Crippen LogP contribution in [-0.2, 0) is 6.42 Å². The maximum absolute atomic E-state index is 5.42. The molecule has 0 N–H and O–H groups in total. The second-order valence-electron chi connectivity index (χ2n) is 8.03. The predicted octanol–water partition coefficient (Wildman–Crippen LogP) is 5.82. The predicted molar refractivity (Wildman–Crippen MR) is 93.5 cm³/mol. The van der Waals surface area contributed by atoms with Crippen molar-refractivity contribution in [3.63, 3.8) is 0 Å². The molecule has 122 valence electrons. The minimum Gasteiger partial charge on any atom is -0.497 e. The second-order valence-corrected chi connectivity index (χ2v) is 8.03. The van der Waals surface area contributed by atoms with Crippen LogP contribution >= 0.6 is 0 Å². The van der Waals surface area contributed by atoms with Crippen molar-refractivity contribution >= 4 is 0 Å². The largest absolute Gasteiger partial charge is 0.497 e. The fourth-order valence-electron chi connectivity index (χ4n) is 6.06. The smallest absolute Gasteiger partial charge is 0.119 e. The van der Waals surface area contributed by atoms with Gasteiger partial charge in [-0.1, -0.05) is 33.8 Å². The van der Waals surface area contributed by atoms with Gasteiger partial charge < -0.3 is 4.74 Å². The van der Waals surface area contributed by atoms with Gasteiger partial charge in [-0.2, -0.15) is 0 Å². The molecular formula is C21H32O. The van der Waals surface area contributed by atoms with Crippen molar-refractivity contribution in [2.24, 2.45) is 23.2 Å². The highest BCUT2D eigenvalue weighted by Gasteiger charge is 2.53. The summed E-state index contributed by atoms with van der Waals surface area (Å²) in [5.74, 6) is 4.76. The summed E-state index contributed by atoms with van der Waals surface area (Å²) in [6, 6.07) is 6.83. The monoisotopic (exact) mass is 300 g/mol. The molecule has 5 unspecified atom stereocenters. The number of hydrogen-bond donors (Lipinski definition) is 0. The molecule has 0 bridgehead atoms. The Morgan fingerprint density at radius 3 is 2.73 bits per heavy atom. The molecule has 4 rings (SSSR count). The van der Waals surface area contributed by atoms with E-state index in [4.69, 9.17) is 4.74 Å². The van der Waals surface area contributed by atoms with Crippen LogP contribution in [0.15, 0.2) is 18.2 Å². The molecule has 0 aromatic heterocycles. The van der Waals surface area contributed by atoms with E-state index in [2.05, 4.69) is 32.0 Å². The van der Waals surface area contributed by atoms with E-state index in [1.165, 1.54) is 38.5 Å². The number of fused-ring (bicyclic) bond motifs is 5. The van der Waals surface area contributed by atoms with Crippen LogP contribution in [0.4, 0.5) is 0 Å². The Morgan fingerprint density at radius 2 is 1.95 bits per heavy atom. The van der Waals surface area contributed by atoms with Gasteiger partial charge in [0.05, 0.1) is 7.11 Å². The van der Waals surface area contributed by atoms with Gasteiger partial charge in [0.2, 0.25) is 0 Å². The zero-order valence-corrected chi connectivity index (χ0v) is 13.7. The van der Waals surface area contributed by atoms with E-state index < -0.39 is 0 Å². The Hall–Kier alpha value is -0.980. The number of rotatable bonds is 1. The topological polar surface area (TPSA) is 9.23 Å². The fraction of sp³-hybridized carbons (Fsp3) is 0.714. The molecule has 0 spiro atoms. The zero-order valence-electron chi connectivity index (χ0n) is 13.7. The average Bonchev–Trinajstić information content (AvgIpc) is 2.89. The lowest BCUT2D eigenvalue weighted by Crippen LogP contribution is -2.43. The molecule has 0 aliphatic heterocycles. The lowest BCUT2D eigenvalue weighted by Gasteiger charge is -2.53. The SMILES string of the molecule is C.COc1ccc2c(c1)CCC1(C)C2CCC2C(C)CCC21. The molecule has 1 aromatic carbocycles. The molecule has 2 saturated carbocycles. The Balaban J connectivity index is 0.00000144. The third kappa shape index (κ3) is 2.12. The molecule has 5 atom stereocenters. The fourth-order valence-corrected chi connectivity index (χ4v) is 6.06. The van der Waals surface area contributed by atoms with Crippen LogP contribution in [0, 0.1) is 23.2 Å². The summed E-state index contributed by atoms with van der Waals surface area (Å²) in [7, 11) is 1.78. The molecule has 3 aliphatic carbocycles. The van der Waals surface area contributed by atoms with E-state index in [0.29, 0.717) is 5.41 Å². The van der Waals surface area contributed by atoms with E-state index in [9.17, 15) is 0 Å². The van der Waals surface area contributed by atoms with Crippen molar-refractivity contribution in [2.75, 3.05) is 7.11 Å². The van der Waals surface area contributed by atoms with Crippen molar-refractivity contribution < 1.29 is 4.74 Å². The van der Waals surface area contributed by atoms with Gasteiger partial charge in [0.15, 0.2) is 0 Å². The summed E-state index contributed by atoms with van der Waals surface area (Å²) in [4.78, 5) is 0. The number of benzene rings is 1. The van der Waals surface area contributed by atoms with Gasteiger partial charge in [0.1, 0.15) is 5.75 Å². The first-order valence-corrected chi connectivity index (χ1v) is 8.80. The van der Waals surface area contributed by atoms with E-state index in [1.807, 2.05) is 0 Å². The van der Waals surface area contributed by atoms with Crippen LogP contribution in [-0.4, -0.2) is 7.11 Å². The second kappa shape index (κ2) is 5.58. The number of hydrogen-bond acceptors (Lipinski definition) is 1. The Bertz CT molecular complexity index is 549. The van der Waals surface area contributed by atoms with Crippen molar-refractivity contribution in [2.45, 2.75) is 65.7 Å². The van der Waals surface area contributed by atoms with Gasteiger partial charge in [-0.3, -0.25) is 0 Å². The van der Waals surface area contributed by atoms with Crippen molar-refractivity contribution in [3.8, 4) is 5.75 Å². The molecule has 1 nitrogen and oxygen atoms in total. The minimum atomic E-state index is 0. The number of ether oxygens (including phenoxy) is 1. The Kier molecular flexibility index (Phi) is 4.03. The quantitative estimate of drug-likeness (QED) is 0.634. The Morgan fingerprint density at radius 1 is 1.14 bits per heavy atom. The van der Waals surface area contributed by atoms with Gasteiger partial charge in [-0.15, -0.1) is 0 Å². The van der Waals surface area contributed by atoms with Crippen LogP contribution < -0.4 is 4.74 Å². The van der Waals surface area contributed by atoms with Crippen LogP contribution in [0.1, 0.15) is 70.4 Å². The summed E-state index contributed by atoms with van der Waals surface area (Å²) >= 11 is 0. The summed E-state index contributed by atoms with van der Waals surface area (Å²) in [6.07, 6.45) is 8.43. The number of methoxy groups -OCH3 is 1. The summed E-state index contributed by atoms with van der Waals surface area (Å²) in [5, 5.41) is 0. The van der Waals surface area contributed by atoms with Crippen molar-refractivity contribution in [1.82, 2.24) is 0 Å². The van der Waals surface area contributed by atoms with E-state index in [1.54, 1.807) is 18.2 Å². The van der Waals surface area contributed by atoms with Crippen LogP contribution in [0.2, 0.25) is 0 Å². The van der Waals surface area contributed by atoms with Crippen molar-refractivity contribution in [3.05, 3.63) is 29.3 Å². The lowest BCUT2D eigenvalue weighted by atomic mass is 9.51. The first-order chi connectivity index (χ1) is 10.1. The molecule has 3 aliphatic rings.